The number of fused-ring (bicyclic) bond motifs is 1. The number of nitrogens with zero attached hydrogens (tertiary/aromatic N) is 6. The van der Waals surface area contributed by atoms with Crippen LogP contribution >= 0.6 is 0 Å². The summed E-state index contributed by atoms with van der Waals surface area (Å²) in [5.74, 6) is 1.17. The number of rotatable bonds is 4. The van der Waals surface area contributed by atoms with Gasteiger partial charge < -0.3 is 15.0 Å². The van der Waals surface area contributed by atoms with Crippen molar-refractivity contribution in [3.05, 3.63) is 101 Å². The van der Waals surface area contributed by atoms with E-state index < -0.39 is 0 Å². The van der Waals surface area contributed by atoms with Crippen LogP contribution in [0.25, 0.3) is 5.69 Å². The van der Waals surface area contributed by atoms with Crippen LogP contribution in [0.2, 0.25) is 0 Å². The van der Waals surface area contributed by atoms with Crippen LogP contribution in [-0.4, -0.2) is 24.3 Å². The molecule has 0 saturated heterocycles. The molecule has 3 aromatic heterocycles. The molecule has 2 N–H and O–H groups in total. The predicted octanol–water partition coefficient (Wildman–Crippen LogP) is 3.12. The SMILES string of the molecule is Cc1nccn1-c1ccc(C2C(C#N)=C(N)Oc3c2c(Cc2ccccn2)nn3C)cc1. The van der Waals surface area contributed by atoms with Crippen molar-refractivity contribution in [1.29, 1.82) is 5.26 Å². The third-order valence-electron chi connectivity index (χ3n) is 5.68. The molecule has 1 atom stereocenters. The van der Waals surface area contributed by atoms with Crippen LogP contribution in [0.15, 0.2) is 72.5 Å². The van der Waals surface area contributed by atoms with E-state index in [9.17, 15) is 5.26 Å². The third kappa shape index (κ3) is 3.20. The average molecular weight is 423 g/mol. The third-order valence-corrected chi connectivity index (χ3v) is 5.68. The summed E-state index contributed by atoms with van der Waals surface area (Å²) in [5, 5.41) is 14.6. The molecule has 1 aliphatic heterocycles. The topological polar surface area (TPSA) is 108 Å². The Balaban J connectivity index is 1.62. The number of ether oxygens (including phenoxy) is 1. The van der Waals surface area contributed by atoms with Crippen molar-refractivity contribution < 1.29 is 4.74 Å². The fourth-order valence-electron chi connectivity index (χ4n) is 4.17. The summed E-state index contributed by atoms with van der Waals surface area (Å²) in [5.41, 5.74) is 11.0. The number of hydrogen-bond acceptors (Lipinski definition) is 6. The molecule has 32 heavy (non-hydrogen) atoms. The molecule has 0 aliphatic carbocycles. The minimum atomic E-state index is -0.380. The summed E-state index contributed by atoms with van der Waals surface area (Å²) in [6.07, 6.45) is 5.97. The Morgan fingerprint density at radius 3 is 2.59 bits per heavy atom. The molecule has 158 valence electrons. The summed E-state index contributed by atoms with van der Waals surface area (Å²) in [7, 11) is 1.81. The average Bonchev–Trinajstić information content (AvgIpc) is 3.36. The molecule has 0 radical (unpaired) electrons. The quantitative estimate of drug-likeness (QED) is 0.540. The number of benzene rings is 1. The zero-order chi connectivity index (χ0) is 22.2. The van der Waals surface area contributed by atoms with Crippen molar-refractivity contribution in [3.63, 3.8) is 0 Å². The fourth-order valence-corrected chi connectivity index (χ4v) is 4.17. The highest BCUT2D eigenvalue weighted by Gasteiger charge is 2.36. The molecule has 5 rings (SSSR count). The van der Waals surface area contributed by atoms with Crippen molar-refractivity contribution >= 4 is 0 Å². The monoisotopic (exact) mass is 423 g/mol. The predicted molar refractivity (Wildman–Crippen MR) is 118 cm³/mol. The molecule has 0 spiro atoms. The maximum absolute atomic E-state index is 9.93. The molecule has 0 amide bonds. The Labute approximate surface area is 185 Å². The van der Waals surface area contributed by atoms with E-state index in [0.717, 1.165) is 34.0 Å². The molecule has 8 nitrogen and oxygen atoms in total. The van der Waals surface area contributed by atoms with Gasteiger partial charge in [0.15, 0.2) is 0 Å². The number of nitriles is 1. The standard InChI is InChI=1S/C24H21N7O/c1-15-27-11-12-31(15)18-8-6-16(7-9-18)21-19(14-25)23(26)32-24-22(21)20(29-30(24)2)13-17-5-3-4-10-28-17/h3-12,21H,13,26H2,1-2H3. The van der Waals surface area contributed by atoms with Crippen molar-refractivity contribution in [2.45, 2.75) is 19.3 Å². The molecule has 1 aliphatic rings. The van der Waals surface area contributed by atoms with Crippen molar-refractivity contribution in [2.75, 3.05) is 0 Å². The lowest BCUT2D eigenvalue weighted by molar-refractivity contribution is 0.358. The second-order valence-electron chi connectivity index (χ2n) is 7.65. The first kappa shape index (κ1) is 19.6. The van der Waals surface area contributed by atoms with E-state index in [1.54, 1.807) is 17.1 Å². The van der Waals surface area contributed by atoms with Gasteiger partial charge in [0.1, 0.15) is 17.5 Å². The van der Waals surface area contributed by atoms with Gasteiger partial charge in [0.25, 0.3) is 0 Å². The smallest absolute Gasteiger partial charge is 0.224 e. The van der Waals surface area contributed by atoms with E-state index in [0.29, 0.717) is 17.9 Å². The highest BCUT2D eigenvalue weighted by molar-refractivity contribution is 5.56. The van der Waals surface area contributed by atoms with Crippen LogP contribution in [0.1, 0.15) is 34.3 Å². The molecule has 1 aromatic carbocycles. The van der Waals surface area contributed by atoms with Gasteiger partial charge >= 0.3 is 0 Å². The number of hydrogen-bond donors (Lipinski definition) is 1. The van der Waals surface area contributed by atoms with Gasteiger partial charge in [-0.3, -0.25) is 4.98 Å². The second kappa shape index (κ2) is 7.71. The Morgan fingerprint density at radius 1 is 1.12 bits per heavy atom. The Bertz CT molecular complexity index is 1360. The molecule has 0 bridgehead atoms. The maximum Gasteiger partial charge on any atom is 0.224 e. The van der Waals surface area contributed by atoms with Gasteiger partial charge in [-0.2, -0.15) is 10.4 Å². The highest BCUT2D eigenvalue weighted by atomic mass is 16.5. The molecule has 0 saturated carbocycles. The lowest BCUT2D eigenvalue weighted by Crippen LogP contribution is -2.22. The Hall–Kier alpha value is -4.38. The van der Waals surface area contributed by atoms with E-state index in [-0.39, 0.29) is 11.8 Å². The van der Waals surface area contributed by atoms with Gasteiger partial charge in [0, 0.05) is 43.4 Å². The van der Waals surface area contributed by atoms with Crippen LogP contribution in [-0.2, 0) is 13.5 Å². The van der Waals surface area contributed by atoms with Crippen molar-refractivity contribution in [3.8, 4) is 17.6 Å². The van der Waals surface area contributed by atoms with Crippen LogP contribution < -0.4 is 10.5 Å². The number of nitrogens with two attached hydrogens (primary N) is 1. The molecule has 4 aromatic rings. The number of pyridine rings is 1. The molecule has 4 heterocycles. The lowest BCUT2D eigenvalue weighted by atomic mass is 9.83. The van der Waals surface area contributed by atoms with Crippen LogP contribution in [0.3, 0.4) is 0 Å². The van der Waals surface area contributed by atoms with Crippen molar-refractivity contribution in [1.82, 2.24) is 24.3 Å². The molecular formula is C24H21N7O. The summed E-state index contributed by atoms with van der Waals surface area (Å²) in [4.78, 5) is 8.72. The van der Waals surface area contributed by atoms with E-state index in [1.165, 1.54) is 0 Å². The summed E-state index contributed by atoms with van der Waals surface area (Å²) >= 11 is 0. The number of aryl methyl sites for hydroxylation is 2. The van der Waals surface area contributed by atoms with Crippen molar-refractivity contribution in [2.24, 2.45) is 12.8 Å². The maximum atomic E-state index is 9.93. The first-order chi connectivity index (χ1) is 15.6. The molecular weight excluding hydrogens is 402 g/mol. The Kier molecular flexibility index (Phi) is 4.71. The minimum Gasteiger partial charge on any atom is -0.422 e. The number of imidazole rings is 1. The summed E-state index contributed by atoms with van der Waals surface area (Å²) in [6.45, 7) is 1.95. The van der Waals surface area contributed by atoms with E-state index in [1.807, 2.05) is 67.2 Å². The molecule has 0 fully saturated rings. The first-order valence-corrected chi connectivity index (χ1v) is 10.2. The molecule has 1 unspecified atom stereocenters. The van der Waals surface area contributed by atoms with E-state index in [4.69, 9.17) is 10.5 Å². The van der Waals surface area contributed by atoms with Crippen LogP contribution in [0.5, 0.6) is 5.88 Å². The zero-order valence-corrected chi connectivity index (χ0v) is 17.7. The van der Waals surface area contributed by atoms with Gasteiger partial charge in [-0.05, 0) is 36.8 Å². The van der Waals surface area contributed by atoms with Crippen LogP contribution in [0, 0.1) is 18.3 Å². The van der Waals surface area contributed by atoms with Crippen LogP contribution in [0.4, 0.5) is 0 Å². The highest BCUT2D eigenvalue weighted by Crippen LogP contribution is 2.44. The van der Waals surface area contributed by atoms with Gasteiger partial charge in [-0.15, -0.1) is 0 Å². The summed E-state index contributed by atoms with van der Waals surface area (Å²) < 4.78 is 9.51. The van der Waals surface area contributed by atoms with Gasteiger partial charge in [0.2, 0.25) is 11.8 Å². The minimum absolute atomic E-state index is 0.104. The van der Waals surface area contributed by atoms with E-state index in [2.05, 4.69) is 21.1 Å². The van der Waals surface area contributed by atoms with Gasteiger partial charge in [0.05, 0.1) is 17.2 Å². The fraction of sp³-hybridized carbons (Fsp3) is 0.167. The zero-order valence-electron chi connectivity index (χ0n) is 17.7. The largest absolute Gasteiger partial charge is 0.422 e. The van der Waals surface area contributed by atoms with E-state index >= 15 is 0 Å². The first-order valence-electron chi connectivity index (χ1n) is 10.2. The lowest BCUT2D eigenvalue weighted by Gasteiger charge is -2.25. The van der Waals surface area contributed by atoms with Gasteiger partial charge in [-0.1, -0.05) is 18.2 Å². The number of allylic oxidation sites excluding steroid dienone is 1. The normalized spacial score (nSPS) is 15.2. The second-order valence-corrected chi connectivity index (χ2v) is 7.65. The van der Waals surface area contributed by atoms with Gasteiger partial charge in [-0.25, -0.2) is 9.67 Å². The molecule has 8 heteroatoms. The Morgan fingerprint density at radius 2 is 1.94 bits per heavy atom. The number of aromatic nitrogens is 5. The summed E-state index contributed by atoms with van der Waals surface area (Å²) in [6, 6.07) is 16.1.